The molecule has 2 heteroatoms. The van der Waals surface area contributed by atoms with Gasteiger partial charge in [0, 0.05) is 19.0 Å². The fourth-order valence-electron chi connectivity index (χ4n) is 4.38. The topological polar surface area (TPSA) is 15.6 Å². The Balaban J connectivity index is 3.01. The van der Waals surface area contributed by atoms with E-state index in [1.807, 2.05) is 13.1 Å². The van der Waals surface area contributed by atoms with Crippen LogP contribution in [0, 0.1) is 17.3 Å². The molecule has 0 aromatic carbocycles. The van der Waals surface area contributed by atoms with Crippen LogP contribution in [0.5, 0.6) is 0 Å². The molecule has 0 bridgehead atoms. The third kappa shape index (κ3) is 6.69. The molecule has 0 aliphatic heterocycles. The van der Waals surface area contributed by atoms with Crippen molar-refractivity contribution in [1.29, 1.82) is 0 Å². The first-order valence-corrected chi connectivity index (χ1v) is 9.96. The van der Waals surface area contributed by atoms with Crippen molar-refractivity contribution < 1.29 is 0 Å². The van der Waals surface area contributed by atoms with E-state index >= 15 is 0 Å². The summed E-state index contributed by atoms with van der Waals surface area (Å²) >= 11 is 0. The van der Waals surface area contributed by atoms with Crippen LogP contribution in [-0.2, 0) is 0 Å². The molecule has 0 N–H and O–H groups in total. The SMILES string of the molecule is C/C=C\N(CC(CCC)(CCC(C)C)C1CCCCC1)/N=C\C. The predicted molar refractivity (Wildman–Crippen MR) is 104 cm³/mol. The molecule has 0 radical (unpaired) electrons. The largest absolute Gasteiger partial charge is 0.273 e. The first-order valence-electron chi connectivity index (χ1n) is 9.96. The van der Waals surface area contributed by atoms with Crippen molar-refractivity contribution in [3.05, 3.63) is 12.3 Å². The van der Waals surface area contributed by atoms with Crippen LogP contribution < -0.4 is 0 Å². The summed E-state index contributed by atoms with van der Waals surface area (Å²) < 4.78 is 0. The zero-order valence-corrected chi connectivity index (χ0v) is 16.4. The molecule has 1 aliphatic carbocycles. The summed E-state index contributed by atoms with van der Waals surface area (Å²) in [6.45, 7) is 12.3. The molecule has 1 saturated carbocycles. The fourth-order valence-corrected chi connectivity index (χ4v) is 4.38. The minimum Gasteiger partial charge on any atom is -0.273 e. The molecule has 0 aromatic heterocycles. The van der Waals surface area contributed by atoms with Gasteiger partial charge in [0.1, 0.15) is 0 Å². The van der Waals surface area contributed by atoms with E-state index in [0.717, 1.165) is 18.4 Å². The first kappa shape index (κ1) is 20.3. The van der Waals surface area contributed by atoms with Crippen LogP contribution in [0.3, 0.4) is 0 Å². The average molecular weight is 321 g/mol. The Bertz CT molecular complexity index is 341. The summed E-state index contributed by atoms with van der Waals surface area (Å²) in [4.78, 5) is 0. The van der Waals surface area contributed by atoms with Crippen molar-refractivity contribution in [2.45, 2.75) is 92.4 Å². The predicted octanol–water partition coefficient (Wildman–Crippen LogP) is 6.63. The molecule has 1 fully saturated rings. The molecule has 2 nitrogen and oxygen atoms in total. The number of rotatable bonds is 10. The van der Waals surface area contributed by atoms with Gasteiger partial charge in [-0.05, 0) is 56.8 Å². The molecule has 134 valence electrons. The van der Waals surface area contributed by atoms with Crippen molar-refractivity contribution in [3.8, 4) is 0 Å². The van der Waals surface area contributed by atoms with Crippen molar-refractivity contribution in [2.75, 3.05) is 6.54 Å². The van der Waals surface area contributed by atoms with E-state index in [-0.39, 0.29) is 0 Å². The van der Waals surface area contributed by atoms with Gasteiger partial charge in [-0.2, -0.15) is 5.10 Å². The summed E-state index contributed by atoms with van der Waals surface area (Å²) in [6, 6.07) is 0. The summed E-state index contributed by atoms with van der Waals surface area (Å²) in [5.41, 5.74) is 0.436. The third-order valence-corrected chi connectivity index (χ3v) is 5.50. The molecule has 0 heterocycles. The second kappa shape index (κ2) is 10.9. The maximum Gasteiger partial charge on any atom is 0.0467 e. The molecule has 0 aromatic rings. The van der Waals surface area contributed by atoms with Gasteiger partial charge in [-0.15, -0.1) is 0 Å². The molecule has 23 heavy (non-hydrogen) atoms. The van der Waals surface area contributed by atoms with Crippen molar-refractivity contribution in [2.24, 2.45) is 22.4 Å². The fraction of sp³-hybridized carbons (Fsp3) is 0.857. The summed E-state index contributed by atoms with van der Waals surface area (Å²) in [6.07, 6.45) is 18.7. The normalized spacial score (nSPS) is 19.7. The van der Waals surface area contributed by atoms with Crippen LogP contribution in [-0.4, -0.2) is 17.8 Å². The van der Waals surface area contributed by atoms with Gasteiger partial charge < -0.3 is 0 Å². The van der Waals surface area contributed by atoms with Gasteiger partial charge in [0.15, 0.2) is 0 Å². The molecule has 1 unspecified atom stereocenters. The van der Waals surface area contributed by atoms with E-state index in [9.17, 15) is 0 Å². The maximum absolute atomic E-state index is 4.62. The molecular weight excluding hydrogens is 280 g/mol. The maximum atomic E-state index is 4.62. The van der Waals surface area contributed by atoms with Gasteiger partial charge in [0.05, 0.1) is 0 Å². The molecule has 0 saturated heterocycles. The minimum atomic E-state index is 0.436. The molecule has 1 atom stereocenters. The highest BCUT2D eigenvalue weighted by Gasteiger charge is 2.39. The highest BCUT2D eigenvalue weighted by atomic mass is 15.4. The van der Waals surface area contributed by atoms with Gasteiger partial charge in [-0.25, -0.2) is 0 Å². The lowest BCUT2D eigenvalue weighted by Gasteiger charge is -2.45. The lowest BCUT2D eigenvalue weighted by molar-refractivity contribution is 0.0527. The van der Waals surface area contributed by atoms with E-state index < -0.39 is 0 Å². The van der Waals surface area contributed by atoms with E-state index in [4.69, 9.17) is 0 Å². The third-order valence-electron chi connectivity index (χ3n) is 5.50. The molecule has 0 spiro atoms. The van der Waals surface area contributed by atoms with Gasteiger partial charge in [-0.1, -0.05) is 59.0 Å². The first-order chi connectivity index (χ1) is 11.1. The molecule has 1 rings (SSSR count). The summed E-state index contributed by atoms with van der Waals surface area (Å²) in [7, 11) is 0. The Labute approximate surface area is 145 Å². The van der Waals surface area contributed by atoms with Crippen LogP contribution >= 0.6 is 0 Å². The Kier molecular flexibility index (Phi) is 9.59. The monoisotopic (exact) mass is 320 g/mol. The summed E-state index contributed by atoms with van der Waals surface area (Å²) in [5.74, 6) is 1.68. The van der Waals surface area contributed by atoms with Crippen LogP contribution in [0.15, 0.2) is 17.4 Å². The summed E-state index contributed by atoms with van der Waals surface area (Å²) in [5, 5.41) is 6.82. The van der Waals surface area contributed by atoms with Crippen LogP contribution in [0.2, 0.25) is 0 Å². The molecular formula is C21H40N2. The van der Waals surface area contributed by atoms with E-state index in [0.29, 0.717) is 5.41 Å². The Morgan fingerprint density at radius 3 is 2.35 bits per heavy atom. The van der Waals surface area contributed by atoms with Crippen LogP contribution in [0.1, 0.15) is 92.4 Å². The van der Waals surface area contributed by atoms with Gasteiger partial charge in [0.2, 0.25) is 0 Å². The van der Waals surface area contributed by atoms with Crippen LogP contribution in [0.4, 0.5) is 0 Å². The van der Waals surface area contributed by atoms with E-state index in [2.05, 4.69) is 50.1 Å². The van der Waals surface area contributed by atoms with Gasteiger partial charge in [0.25, 0.3) is 0 Å². The number of hydrazone groups is 1. The Hall–Kier alpha value is -0.790. The standard InChI is InChI=1S/C21H40N2/c1-6-15-21(16-14-19(4)5,20-12-10-9-11-13-20)18-23(17-7-2)22-8-3/h7-8,17,19-20H,6,9-16,18H2,1-5H3/b17-7-,22-8-. The van der Waals surface area contributed by atoms with E-state index in [1.165, 1.54) is 57.8 Å². The van der Waals surface area contributed by atoms with Gasteiger partial charge in [-0.3, -0.25) is 5.01 Å². The second-order valence-corrected chi connectivity index (χ2v) is 7.83. The Morgan fingerprint density at radius 2 is 1.83 bits per heavy atom. The minimum absolute atomic E-state index is 0.436. The number of hydrogen-bond acceptors (Lipinski definition) is 2. The van der Waals surface area contributed by atoms with Crippen LogP contribution in [0.25, 0.3) is 0 Å². The highest BCUT2D eigenvalue weighted by molar-refractivity contribution is 5.52. The number of hydrogen-bond donors (Lipinski definition) is 0. The van der Waals surface area contributed by atoms with Crippen molar-refractivity contribution >= 4 is 6.21 Å². The second-order valence-electron chi connectivity index (χ2n) is 7.83. The molecule has 0 amide bonds. The zero-order chi connectivity index (χ0) is 17.1. The zero-order valence-electron chi connectivity index (χ0n) is 16.4. The van der Waals surface area contributed by atoms with Crippen molar-refractivity contribution in [1.82, 2.24) is 5.01 Å². The lowest BCUT2D eigenvalue weighted by Crippen LogP contribution is -2.41. The lowest BCUT2D eigenvalue weighted by atomic mass is 9.63. The Morgan fingerprint density at radius 1 is 1.13 bits per heavy atom. The number of nitrogens with zero attached hydrogens (tertiary/aromatic N) is 2. The smallest absolute Gasteiger partial charge is 0.0467 e. The average Bonchev–Trinajstić information content (AvgIpc) is 2.54. The number of allylic oxidation sites excluding steroid dienone is 1. The van der Waals surface area contributed by atoms with Gasteiger partial charge >= 0.3 is 0 Å². The molecule has 1 aliphatic rings. The van der Waals surface area contributed by atoms with E-state index in [1.54, 1.807) is 0 Å². The quantitative estimate of drug-likeness (QED) is 0.326. The highest BCUT2D eigenvalue weighted by Crippen LogP contribution is 2.46. The van der Waals surface area contributed by atoms with Crippen molar-refractivity contribution in [3.63, 3.8) is 0 Å².